The molecule has 17 aromatic carbocycles. The van der Waals surface area contributed by atoms with Crippen molar-refractivity contribution >= 4 is 86.4 Å². The number of oxazole rings is 1. The monoisotopic (exact) mass is 1650 g/mol. The van der Waals surface area contributed by atoms with Crippen LogP contribution in [0.2, 0.25) is 0 Å². The third kappa shape index (κ3) is 9.86. The average molecular weight is 1660 g/mol. The van der Waals surface area contributed by atoms with E-state index in [-0.39, 0.29) is 16.2 Å². The third-order valence-electron chi connectivity index (χ3n) is 27.5. The number of pyridine rings is 1. The lowest BCUT2D eigenvalue weighted by molar-refractivity contribution is 0.620. The Kier molecular flexibility index (Phi) is 15.5. The van der Waals surface area contributed by atoms with Gasteiger partial charge in [0, 0.05) is 90.2 Å². The van der Waals surface area contributed by atoms with Gasteiger partial charge in [-0.15, -0.1) is 34.0 Å². The van der Waals surface area contributed by atoms with E-state index >= 15 is 0 Å². The Morgan fingerprint density at radius 1 is 0.246 bits per heavy atom. The van der Waals surface area contributed by atoms with E-state index in [9.17, 15) is 0 Å². The van der Waals surface area contributed by atoms with Crippen LogP contribution in [-0.4, -0.2) is 19.5 Å². The summed E-state index contributed by atoms with van der Waals surface area (Å²) in [4.78, 5) is 19.0. The first kappa shape index (κ1) is 71.3. The molecule has 6 aliphatic rings. The second-order valence-electron chi connectivity index (χ2n) is 33.6. The molecule has 0 aliphatic heterocycles. The van der Waals surface area contributed by atoms with Crippen LogP contribution < -0.4 is 0 Å². The Labute approximate surface area is 739 Å². The molecule has 0 fully saturated rings. The molecule has 8 heteroatoms. The van der Waals surface area contributed by atoms with Gasteiger partial charge < -0.3 is 4.42 Å². The molecule has 126 heavy (non-hydrogen) atoms. The molecule has 5 nitrogen and oxygen atoms in total. The van der Waals surface area contributed by atoms with Crippen LogP contribution in [0.3, 0.4) is 0 Å². The van der Waals surface area contributed by atoms with Crippen LogP contribution >= 0.6 is 34.0 Å². The standard InChI is InChI=1S/C46H28N2S.C38H23NS.C34H19NOS/c1-2-12-29(13-3-1)30-22-25-32(26-23-30)48-41-20-10-9-19-40(41)47-45(48)31-24-27-39-36(28-31)33-14-4-7-17-37(33)46(39)38-18-8-5-15-34(38)43-35-16-6-11-21-42(35)49-44(43)46;1-4-12-31-27(9-1)28-10-2-5-13-32(28)38(31)33-21-20-26(24-16-18-25(19-17-24)34-14-7-8-22-39-34)23-30(33)36-29-11-3-6-15-35(29)40-37(36)38;1-4-14-24-20(10-1)30-23(33-35-27-17-6-7-18-28(27)36-33)13-9-16-26(30)34(24)25-15-5-2-11-21(25)31-22-12-3-8-19-29(22)37-32(31)34/h1-28H;1-23H;1-19H. The maximum atomic E-state index is 6.32. The lowest BCUT2D eigenvalue weighted by Gasteiger charge is -2.29. The van der Waals surface area contributed by atoms with Crippen molar-refractivity contribution < 1.29 is 4.42 Å². The van der Waals surface area contributed by atoms with Crippen LogP contribution in [0.15, 0.2) is 429 Å². The Balaban J connectivity index is 0.0000000993. The molecular weight excluding hydrogens is 1590 g/mol. The molecule has 23 aromatic rings. The second-order valence-corrected chi connectivity index (χ2v) is 36.8. The van der Waals surface area contributed by atoms with Crippen LogP contribution in [0.1, 0.15) is 64.7 Å². The number of para-hydroxylation sites is 4. The van der Waals surface area contributed by atoms with Gasteiger partial charge >= 0.3 is 0 Å². The molecule has 586 valence electrons. The van der Waals surface area contributed by atoms with Crippen molar-refractivity contribution in [3.63, 3.8) is 0 Å². The number of hydrogen-bond donors (Lipinski definition) is 0. The van der Waals surface area contributed by atoms with E-state index < -0.39 is 0 Å². The molecule has 3 spiro atoms. The number of nitrogens with zero attached hydrogens (tertiary/aromatic N) is 4. The van der Waals surface area contributed by atoms with E-state index in [2.05, 4.69) is 392 Å². The van der Waals surface area contributed by atoms with E-state index in [0.717, 1.165) is 56.0 Å². The van der Waals surface area contributed by atoms with E-state index in [1.54, 1.807) is 0 Å². The highest BCUT2D eigenvalue weighted by Gasteiger charge is 2.57. The number of thiophene rings is 3. The number of hydrogen-bond acceptors (Lipinski definition) is 7. The normalized spacial score (nSPS) is 15.3. The van der Waals surface area contributed by atoms with E-state index in [0.29, 0.717) is 5.89 Å². The zero-order chi connectivity index (χ0) is 82.5. The number of fused-ring (bicyclic) bond motifs is 38. The van der Waals surface area contributed by atoms with Crippen molar-refractivity contribution in [1.82, 2.24) is 19.5 Å². The molecule has 6 aliphatic carbocycles. The summed E-state index contributed by atoms with van der Waals surface area (Å²) in [5.74, 6) is 1.62. The minimum atomic E-state index is -0.358. The maximum absolute atomic E-state index is 6.32. The molecular formula is C118H70N4OS3. The largest absolute Gasteiger partial charge is 0.436 e. The van der Waals surface area contributed by atoms with Crippen molar-refractivity contribution in [2.75, 3.05) is 0 Å². The number of benzene rings is 17. The molecule has 6 aromatic heterocycles. The van der Waals surface area contributed by atoms with E-state index in [1.807, 2.05) is 76.6 Å². The molecule has 0 amide bonds. The first-order valence-corrected chi connectivity index (χ1v) is 45.5. The summed E-state index contributed by atoms with van der Waals surface area (Å²) in [5.41, 5.74) is 41.3. The summed E-state index contributed by atoms with van der Waals surface area (Å²) in [6.07, 6.45) is 1.85. The van der Waals surface area contributed by atoms with Crippen molar-refractivity contribution in [2.24, 2.45) is 0 Å². The van der Waals surface area contributed by atoms with Crippen molar-refractivity contribution in [3.05, 3.63) is 489 Å². The van der Waals surface area contributed by atoms with Gasteiger partial charge in [-0.3, -0.25) is 9.55 Å². The Bertz CT molecular complexity index is 8420. The predicted molar refractivity (Wildman–Crippen MR) is 522 cm³/mol. The van der Waals surface area contributed by atoms with E-state index in [4.69, 9.17) is 14.4 Å². The van der Waals surface area contributed by atoms with Gasteiger partial charge in [0.05, 0.1) is 33.0 Å². The van der Waals surface area contributed by atoms with Gasteiger partial charge in [0.2, 0.25) is 5.89 Å². The molecule has 0 bridgehead atoms. The first-order chi connectivity index (χ1) is 62.5. The number of rotatable bonds is 6. The zero-order valence-corrected chi connectivity index (χ0v) is 70.3. The summed E-state index contributed by atoms with van der Waals surface area (Å²) in [5, 5.41) is 4.04. The smallest absolute Gasteiger partial charge is 0.227 e. The summed E-state index contributed by atoms with van der Waals surface area (Å²) < 4.78 is 12.7. The SMILES string of the molecule is c1ccc(-c2ccc(-c3ccc4c(c3)-c3c(sc5ccccc35)C43c4ccccc4-c4ccccc43)cc2)nc1.c1ccc(-c2ccc(-n3c(-c4ccc5c(c4)-c4ccccc4C54c5ccccc5-c5c4sc4ccccc54)nc4ccccc43)cc2)cc1.c1ccc2c(c1)-c1c(-c3nc4ccccc4o3)cccc1C21c2ccccc2-c2c1sc1ccccc21. The van der Waals surface area contributed by atoms with Crippen LogP contribution in [0.25, 0.3) is 181 Å². The predicted octanol–water partition coefficient (Wildman–Crippen LogP) is 30.9. The molecule has 0 saturated carbocycles. The van der Waals surface area contributed by atoms with Crippen molar-refractivity contribution in [3.8, 4) is 129 Å². The average Bonchev–Trinajstić information content (AvgIpc) is 1.51. The zero-order valence-electron chi connectivity index (χ0n) is 67.8. The van der Waals surface area contributed by atoms with Gasteiger partial charge in [-0.05, 0) is 207 Å². The third-order valence-corrected chi connectivity index (χ3v) is 31.4. The van der Waals surface area contributed by atoms with Gasteiger partial charge in [0.15, 0.2) is 5.58 Å². The molecule has 6 heterocycles. The summed E-state index contributed by atoms with van der Waals surface area (Å²) in [6, 6.07) is 152. The van der Waals surface area contributed by atoms with Gasteiger partial charge in [-0.2, -0.15) is 0 Å². The number of aromatic nitrogens is 4. The Morgan fingerprint density at radius 2 is 0.635 bits per heavy atom. The molecule has 2 atom stereocenters. The van der Waals surface area contributed by atoms with Gasteiger partial charge in [-0.1, -0.05) is 334 Å². The lowest BCUT2D eigenvalue weighted by atomic mass is 9.73. The van der Waals surface area contributed by atoms with Gasteiger partial charge in [0.25, 0.3) is 0 Å². The minimum Gasteiger partial charge on any atom is -0.436 e. The molecule has 29 rings (SSSR count). The number of imidazole rings is 1. The summed E-state index contributed by atoms with van der Waals surface area (Å²) in [7, 11) is 0. The maximum Gasteiger partial charge on any atom is 0.227 e. The van der Waals surface area contributed by atoms with Crippen LogP contribution in [0.4, 0.5) is 0 Å². The quantitative estimate of drug-likeness (QED) is 0.166. The fourth-order valence-electron chi connectivity index (χ4n) is 22.4. The van der Waals surface area contributed by atoms with Crippen molar-refractivity contribution in [2.45, 2.75) is 16.2 Å². The summed E-state index contributed by atoms with van der Waals surface area (Å²) >= 11 is 5.85. The molecule has 0 radical (unpaired) electrons. The Morgan fingerprint density at radius 3 is 1.21 bits per heavy atom. The highest BCUT2D eigenvalue weighted by Crippen LogP contribution is 2.70. The Hall–Kier alpha value is -15.3. The molecule has 0 saturated heterocycles. The molecule has 0 N–H and O–H groups in total. The van der Waals surface area contributed by atoms with Crippen LogP contribution in [-0.2, 0) is 16.2 Å². The highest BCUT2D eigenvalue weighted by atomic mass is 32.1. The van der Waals surface area contributed by atoms with Crippen LogP contribution in [0.5, 0.6) is 0 Å². The van der Waals surface area contributed by atoms with Gasteiger partial charge in [0.1, 0.15) is 11.3 Å². The first-order valence-electron chi connectivity index (χ1n) is 43.1. The fourth-order valence-corrected chi connectivity index (χ4v) is 26.8. The highest BCUT2D eigenvalue weighted by molar-refractivity contribution is 7.21. The van der Waals surface area contributed by atoms with Crippen LogP contribution in [0, 0.1) is 0 Å². The minimum absolute atomic E-state index is 0.289. The van der Waals surface area contributed by atoms with Crippen molar-refractivity contribution in [1.29, 1.82) is 0 Å². The topological polar surface area (TPSA) is 56.7 Å². The van der Waals surface area contributed by atoms with E-state index in [1.165, 1.54) is 184 Å². The summed E-state index contributed by atoms with van der Waals surface area (Å²) in [6.45, 7) is 0. The second kappa shape index (κ2) is 27.4. The van der Waals surface area contributed by atoms with Gasteiger partial charge in [-0.25, -0.2) is 9.97 Å². The fraction of sp³-hybridized carbons (Fsp3) is 0.0254. The molecule has 2 unspecified atom stereocenters. The lowest BCUT2D eigenvalue weighted by Crippen LogP contribution is -2.24.